The Labute approximate surface area is 167 Å². The van der Waals surface area contributed by atoms with Crippen molar-refractivity contribution in [1.29, 1.82) is 0 Å². The molecule has 1 amide bonds. The fourth-order valence-corrected chi connectivity index (χ4v) is 3.30. The first kappa shape index (κ1) is 18.8. The monoisotopic (exact) mass is 391 g/mol. The van der Waals surface area contributed by atoms with E-state index in [4.69, 9.17) is 4.42 Å². The van der Waals surface area contributed by atoms with Crippen molar-refractivity contribution in [3.05, 3.63) is 75.5 Å². The lowest BCUT2D eigenvalue weighted by atomic mass is 10.1. The van der Waals surface area contributed by atoms with Crippen LogP contribution in [0.1, 0.15) is 40.7 Å². The summed E-state index contributed by atoms with van der Waals surface area (Å²) >= 11 is 0. The molecule has 0 bridgehead atoms. The Morgan fingerprint density at radius 2 is 2.14 bits per heavy atom. The molecule has 148 valence electrons. The molecule has 0 aromatic carbocycles. The molecule has 29 heavy (non-hydrogen) atoms. The molecule has 1 aliphatic rings. The maximum atomic E-state index is 13.0. The number of aromatic nitrogens is 4. The summed E-state index contributed by atoms with van der Waals surface area (Å²) in [5.41, 5.74) is 2.40. The van der Waals surface area contributed by atoms with Gasteiger partial charge in [0.25, 0.3) is 11.5 Å². The molecule has 3 aromatic heterocycles. The minimum absolute atomic E-state index is 0.108. The van der Waals surface area contributed by atoms with Crippen LogP contribution in [0.3, 0.4) is 0 Å². The van der Waals surface area contributed by atoms with Gasteiger partial charge in [-0.15, -0.1) is 10.2 Å². The number of nitrogens with zero attached hydrogens (tertiary/aromatic N) is 4. The van der Waals surface area contributed by atoms with Gasteiger partial charge in [-0.2, -0.15) is 0 Å². The lowest BCUT2D eigenvalue weighted by molar-refractivity contribution is 0.0946. The molecule has 4 rings (SSSR count). The Kier molecular flexibility index (Phi) is 5.07. The van der Waals surface area contributed by atoms with Crippen molar-refractivity contribution < 1.29 is 9.21 Å². The Morgan fingerprint density at radius 3 is 2.86 bits per heavy atom. The lowest BCUT2D eigenvalue weighted by Crippen LogP contribution is -2.25. The van der Waals surface area contributed by atoms with Crippen molar-refractivity contribution >= 4 is 16.8 Å². The molecule has 0 saturated heterocycles. The third-order valence-corrected chi connectivity index (χ3v) is 4.78. The topological polar surface area (TPSA) is 103 Å². The van der Waals surface area contributed by atoms with Crippen molar-refractivity contribution in [3.63, 3.8) is 0 Å². The first-order chi connectivity index (χ1) is 14.0. The molecule has 3 heterocycles. The zero-order valence-corrected chi connectivity index (χ0v) is 16.3. The highest BCUT2D eigenvalue weighted by Crippen LogP contribution is 2.16. The Balaban J connectivity index is 1.62. The van der Waals surface area contributed by atoms with Gasteiger partial charge in [-0.1, -0.05) is 18.2 Å². The third-order valence-electron chi connectivity index (χ3n) is 4.78. The number of amides is 1. The van der Waals surface area contributed by atoms with Crippen molar-refractivity contribution in [2.75, 3.05) is 0 Å². The number of hydrogen-bond acceptors (Lipinski definition) is 6. The molecular weight excluding hydrogens is 370 g/mol. The molecule has 3 aromatic rings. The number of nitrogens with one attached hydrogen (secondary N) is 1. The lowest BCUT2D eigenvalue weighted by Gasteiger charge is -2.12. The summed E-state index contributed by atoms with van der Waals surface area (Å²) in [5.74, 6) is 0.403. The SMILES string of the molecule is Cc1nnc(CNC(=O)c2cc3c(=O)n(CC4=CCCC=C4)ccc3nc2C)o1. The largest absolute Gasteiger partial charge is 0.424 e. The highest BCUT2D eigenvalue weighted by molar-refractivity contribution is 5.98. The molecular formula is C21H21N5O3. The number of pyridine rings is 2. The first-order valence-corrected chi connectivity index (χ1v) is 9.45. The zero-order chi connectivity index (χ0) is 20.4. The standard InChI is InChI=1S/C21H21N5O3/c1-13-16(20(27)22-11-19-25-24-14(2)29-19)10-17-18(23-13)8-9-26(21(17)28)12-15-6-4-3-5-7-15/h4,6-10H,3,5,11-12H2,1-2H3,(H,22,27). The molecule has 0 radical (unpaired) electrons. The van der Waals surface area contributed by atoms with Crippen LogP contribution in [0.5, 0.6) is 0 Å². The van der Waals surface area contributed by atoms with Gasteiger partial charge in [0.15, 0.2) is 0 Å². The van der Waals surface area contributed by atoms with Gasteiger partial charge in [0, 0.05) is 13.1 Å². The molecule has 1 N–H and O–H groups in total. The quantitative estimate of drug-likeness (QED) is 0.717. The first-order valence-electron chi connectivity index (χ1n) is 9.45. The average Bonchev–Trinajstić information content (AvgIpc) is 3.14. The smallest absolute Gasteiger partial charge is 0.260 e. The van der Waals surface area contributed by atoms with E-state index in [0.717, 1.165) is 18.4 Å². The van der Waals surface area contributed by atoms with Crippen LogP contribution >= 0.6 is 0 Å². The number of rotatable bonds is 5. The average molecular weight is 391 g/mol. The van der Waals surface area contributed by atoms with Crippen LogP contribution in [-0.4, -0.2) is 25.7 Å². The van der Waals surface area contributed by atoms with Crippen molar-refractivity contribution in [3.8, 4) is 0 Å². The number of fused-ring (bicyclic) bond motifs is 1. The van der Waals surface area contributed by atoms with E-state index in [0.29, 0.717) is 40.5 Å². The van der Waals surface area contributed by atoms with Crippen LogP contribution in [0.2, 0.25) is 0 Å². The highest BCUT2D eigenvalue weighted by Gasteiger charge is 2.15. The molecule has 1 aliphatic carbocycles. The number of allylic oxidation sites excluding steroid dienone is 4. The Bertz CT molecular complexity index is 1200. The van der Waals surface area contributed by atoms with Crippen LogP contribution < -0.4 is 10.9 Å². The molecule has 0 spiro atoms. The van der Waals surface area contributed by atoms with Crippen LogP contribution in [-0.2, 0) is 13.1 Å². The van der Waals surface area contributed by atoms with Crippen molar-refractivity contribution in [2.45, 2.75) is 39.8 Å². The predicted molar refractivity (Wildman–Crippen MR) is 107 cm³/mol. The second-order valence-electron chi connectivity index (χ2n) is 6.96. The van der Waals surface area contributed by atoms with Crippen LogP contribution in [0.4, 0.5) is 0 Å². The van der Waals surface area contributed by atoms with E-state index in [1.165, 1.54) is 0 Å². The van der Waals surface area contributed by atoms with Gasteiger partial charge in [0.1, 0.15) is 0 Å². The van der Waals surface area contributed by atoms with Gasteiger partial charge in [-0.25, -0.2) is 0 Å². The van der Waals surface area contributed by atoms with Crippen molar-refractivity contribution in [2.24, 2.45) is 0 Å². The van der Waals surface area contributed by atoms with Gasteiger partial charge >= 0.3 is 0 Å². The minimum Gasteiger partial charge on any atom is -0.424 e. The zero-order valence-electron chi connectivity index (χ0n) is 16.3. The van der Waals surface area contributed by atoms with E-state index in [1.54, 1.807) is 36.7 Å². The molecule has 0 unspecified atom stereocenters. The van der Waals surface area contributed by atoms with Gasteiger partial charge in [-0.05, 0) is 37.5 Å². The summed E-state index contributed by atoms with van der Waals surface area (Å²) in [6.07, 6.45) is 10.1. The van der Waals surface area contributed by atoms with E-state index in [1.807, 2.05) is 6.08 Å². The summed E-state index contributed by atoms with van der Waals surface area (Å²) in [6, 6.07) is 3.41. The molecule has 8 nitrogen and oxygen atoms in total. The van der Waals surface area contributed by atoms with Crippen LogP contribution in [0.25, 0.3) is 10.9 Å². The summed E-state index contributed by atoms with van der Waals surface area (Å²) in [5, 5.41) is 10.7. The second kappa shape index (κ2) is 7.83. The highest BCUT2D eigenvalue weighted by atomic mass is 16.4. The minimum atomic E-state index is -0.347. The van der Waals surface area contributed by atoms with Gasteiger partial charge in [0.05, 0.1) is 35.2 Å². The molecule has 0 aliphatic heterocycles. The van der Waals surface area contributed by atoms with E-state index >= 15 is 0 Å². The van der Waals surface area contributed by atoms with Crippen LogP contribution in [0, 0.1) is 13.8 Å². The summed E-state index contributed by atoms with van der Waals surface area (Å²) in [7, 11) is 0. The number of aryl methyl sites for hydroxylation is 2. The Morgan fingerprint density at radius 1 is 1.28 bits per heavy atom. The summed E-state index contributed by atoms with van der Waals surface area (Å²) in [6.45, 7) is 4.03. The van der Waals surface area contributed by atoms with E-state index in [-0.39, 0.29) is 18.0 Å². The Hall–Kier alpha value is -3.55. The van der Waals surface area contributed by atoms with Gasteiger partial charge in [0.2, 0.25) is 11.8 Å². The van der Waals surface area contributed by atoms with E-state index < -0.39 is 0 Å². The second-order valence-corrected chi connectivity index (χ2v) is 6.96. The third kappa shape index (κ3) is 4.01. The molecule has 0 saturated carbocycles. The van der Waals surface area contributed by atoms with Crippen LogP contribution in [0.15, 0.2) is 51.3 Å². The maximum Gasteiger partial charge on any atom is 0.260 e. The number of hydrogen-bond donors (Lipinski definition) is 1. The van der Waals surface area contributed by atoms with E-state index in [9.17, 15) is 9.59 Å². The van der Waals surface area contributed by atoms with Gasteiger partial charge < -0.3 is 14.3 Å². The van der Waals surface area contributed by atoms with E-state index in [2.05, 4.69) is 32.7 Å². The fourth-order valence-electron chi connectivity index (χ4n) is 3.30. The van der Waals surface area contributed by atoms with Gasteiger partial charge in [-0.3, -0.25) is 14.6 Å². The summed E-state index contributed by atoms with van der Waals surface area (Å²) < 4.78 is 6.90. The maximum absolute atomic E-state index is 13.0. The predicted octanol–water partition coefficient (Wildman–Crippen LogP) is 2.60. The summed E-state index contributed by atoms with van der Waals surface area (Å²) in [4.78, 5) is 30.1. The molecule has 0 fully saturated rings. The molecule has 8 heteroatoms. The number of carbonyl (C=O) groups is 1. The number of carbonyl (C=O) groups excluding carboxylic acids is 1. The molecule has 0 atom stereocenters. The normalized spacial score (nSPS) is 13.5. The fraction of sp³-hybridized carbons (Fsp3) is 0.286. The van der Waals surface area contributed by atoms with Crippen molar-refractivity contribution in [1.82, 2.24) is 25.1 Å².